The molecule has 4 atom stereocenters. The van der Waals surface area contributed by atoms with Gasteiger partial charge in [0.15, 0.2) is 0 Å². The molecule has 0 radical (unpaired) electrons. The number of piperidine rings is 1. The fraction of sp³-hybridized carbons (Fsp3) is 0.304. The number of methoxy groups -OCH3 is 1. The van der Waals surface area contributed by atoms with Gasteiger partial charge < -0.3 is 23.7 Å². The fourth-order valence-corrected chi connectivity index (χ4v) is 7.04. The molecule has 9 heteroatoms. The first-order valence-corrected chi connectivity index (χ1v) is 19.1. The quantitative estimate of drug-likeness (QED) is 0.0828. The zero-order valence-electron chi connectivity index (χ0n) is 31.4. The smallest absolute Gasteiger partial charge is 0.118 e. The second-order valence-corrected chi connectivity index (χ2v) is 13.9. The van der Waals surface area contributed by atoms with Crippen LogP contribution in [-0.4, -0.2) is 71.1 Å². The van der Waals surface area contributed by atoms with Gasteiger partial charge in [0.1, 0.15) is 23.7 Å². The van der Waals surface area contributed by atoms with E-state index in [1.54, 1.807) is 7.11 Å². The molecule has 0 amide bonds. The van der Waals surface area contributed by atoms with E-state index in [4.69, 9.17) is 23.7 Å². The third kappa shape index (κ3) is 11.0. The van der Waals surface area contributed by atoms with Gasteiger partial charge in [-0.15, -0.1) is 5.10 Å². The Labute approximate surface area is 324 Å². The van der Waals surface area contributed by atoms with Crippen LogP contribution in [0.15, 0.2) is 152 Å². The molecular weight excluding hydrogens is 689 g/mol. The van der Waals surface area contributed by atoms with E-state index in [0.717, 1.165) is 52.2 Å². The Morgan fingerprint density at radius 1 is 0.582 bits per heavy atom. The maximum absolute atomic E-state index is 6.97. The van der Waals surface area contributed by atoms with E-state index in [-0.39, 0.29) is 24.4 Å². The zero-order chi connectivity index (χ0) is 37.5. The monoisotopic (exact) mass is 738 g/mol. The van der Waals surface area contributed by atoms with Crippen LogP contribution in [0, 0.1) is 0 Å². The van der Waals surface area contributed by atoms with Crippen LogP contribution in [0.1, 0.15) is 28.7 Å². The van der Waals surface area contributed by atoms with Crippen molar-refractivity contribution < 1.29 is 23.7 Å². The highest BCUT2D eigenvalue weighted by molar-refractivity contribution is 5.58. The van der Waals surface area contributed by atoms with Gasteiger partial charge >= 0.3 is 0 Å². The Kier molecular flexibility index (Phi) is 13.8. The lowest BCUT2D eigenvalue weighted by Crippen LogP contribution is -2.64. The molecule has 1 fully saturated rings. The summed E-state index contributed by atoms with van der Waals surface area (Å²) in [5.41, 5.74) is 6.28. The molecule has 284 valence electrons. The van der Waals surface area contributed by atoms with Crippen LogP contribution in [-0.2, 0) is 51.9 Å². The molecular formula is C46H50N4O5. The highest BCUT2D eigenvalue weighted by Crippen LogP contribution is 2.30. The van der Waals surface area contributed by atoms with Crippen LogP contribution in [0.5, 0.6) is 5.75 Å². The van der Waals surface area contributed by atoms with Crippen molar-refractivity contribution in [3.63, 3.8) is 0 Å². The van der Waals surface area contributed by atoms with Crippen molar-refractivity contribution in [3.05, 3.63) is 174 Å². The van der Waals surface area contributed by atoms with Gasteiger partial charge in [0, 0.05) is 25.2 Å². The van der Waals surface area contributed by atoms with Crippen LogP contribution in [0.25, 0.3) is 11.3 Å². The number of hydrogen-bond acceptors (Lipinski definition) is 8. The number of aryl methyl sites for hydroxylation is 1. The first-order chi connectivity index (χ1) is 27.2. The predicted molar refractivity (Wildman–Crippen MR) is 213 cm³/mol. The number of hydrogen-bond donors (Lipinski definition) is 0. The average molecular weight is 739 g/mol. The second-order valence-electron chi connectivity index (χ2n) is 13.9. The summed E-state index contributed by atoms with van der Waals surface area (Å²) in [6.45, 7) is 4.47. The van der Waals surface area contributed by atoms with E-state index in [1.165, 1.54) is 0 Å². The van der Waals surface area contributed by atoms with Crippen molar-refractivity contribution in [2.24, 2.45) is 0 Å². The number of nitrogens with zero attached hydrogens (tertiary/aromatic N) is 4. The Morgan fingerprint density at radius 2 is 1.11 bits per heavy atom. The Bertz CT molecular complexity index is 1960. The highest BCUT2D eigenvalue weighted by atomic mass is 16.6. The number of benzene rings is 5. The Hall–Kier alpha value is -5.16. The van der Waals surface area contributed by atoms with Crippen LogP contribution in [0.2, 0.25) is 0 Å². The van der Waals surface area contributed by atoms with E-state index in [1.807, 2.05) is 108 Å². The summed E-state index contributed by atoms with van der Waals surface area (Å²) < 4.78 is 34.4. The zero-order valence-corrected chi connectivity index (χ0v) is 31.4. The summed E-state index contributed by atoms with van der Waals surface area (Å²) in [5.74, 6) is 0.810. The lowest BCUT2D eigenvalue weighted by atomic mass is 9.92. The summed E-state index contributed by atoms with van der Waals surface area (Å²) in [5, 5.41) is 8.92. The van der Waals surface area contributed by atoms with Crippen LogP contribution < -0.4 is 4.74 Å². The minimum absolute atomic E-state index is 0.102. The molecule has 1 aromatic heterocycles. The standard InChI is InChI=1S/C46H50N4O5/c1-51-41-25-23-40(24-26-41)42-29-50(48-47-42)28-14-27-49-30-44(53-32-37-17-8-3-9-18-37)46(55-34-39-21-12-5-13-22-39)45(54-33-38-19-10-4-11-20-38)43(49)35-52-31-36-15-6-2-7-16-36/h2-13,15-26,29,43-46H,14,27-28,30-35H2,1H3/t43-,44+,45-,46-/m1/s1. The summed E-state index contributed by atoms with van der Waals surface area (Å²) >= 11 is 0. The van der Waals surface area contributed by atoms with Crippen molar-refractivity contribution in [1.29, 1.82) is 0 Å². The van der Waals surface area contributed by atoms with Gasteiger partial charge in [0.2, 0.25) is 0 Å². The summed E-state index contributed by atoms with van der Waals surface area (Å²) in [4.78, 5) is 2.47. The lowest BCUT2D eigenvalue weighted by molar-refractivity contribution is -0.210. The largest absolute Gasteiger partial charge is 0.497 e. The summed E-state index contributed by atoms with van der Waals surface area (Å²) in [6.07, 6.45) is 1.89. The second kappa shape index (κ2) is 20.0. The molecule has 55 heavy (non-hydrogen) atoms. The third-order valence-corrected chi connectivity index (χ3v) is 9.99. The molecule has 0 aliphatic carbocycles. The van der Waals surface area contributed by atoms with E-state index in [9.17, 15) is 0 Å². The average Bonchev–Trinajstić information content (AvgIpc) is 3.72. The van der Waals surface area contributed by atoms with Gasteiger partial charge in [-0.05, 0) is 52.9 Å². The predicted octanol–water partition coefficient (Wildman–Crippen LogP) is 8.00. The number of ether oxygens (including phenoxy) is 5. The van der Waals surface area contributed by atoms with Crippen molar-refractivity contribution >= 4 is 0 Å². The van der Waals surface area contributed by atoms with E-state index >= 15 is 0 Å². The number of aromatic nitrogens is 3. The van der Waals surface area contributed by atoms with E-state index in [0.29, 0.717) is 46.1 Å². The maximum Gasteiger partial charge on any atom is 0.118 e. The molecule has 0 saturated carbocycles. The van der Waals surface area contributed by atoms with Crippen molar-refractivity contribution in [1.82, 2.24) is 19.9 Å². The molecule has 0 spiro atoms. The van der Waals surface area contributed by atoms with E-state index in [2.05, 4.69) is 63.7 Å². The van der Waals surface area contributed by atoms with Crippen molar-refractivity contribution in [2.45, 2.75) is 63.7 Å². The molecule has 1 saturated heterocycles. The first-order valence-electron chi connectivity index (χ1n) is 19.1. The third-order valence-electron chi connectivity index (χ3n) is 9.99. The minimum atomic E-state index is -0.350. The Morgan fingerprint density at radius 3 is 1.67 bits per heavy atom. The van der Waals surface area contributed by atoms with Gasteiger partial charge in [-0.1, -0.05) is 127 Å². The molecule has 6 aromatic rings. The van der Waals surface area contributed by atoms with Crippen molar-refractivity contribution in [3.8, 4) is 17.0 Å². The van der Waals surface area contributed by atoms with Crippen LogP contribution >= 0.6 is 0 Å². The minimum Gasteiger partial charge on any atom is -0.497 e. The molecule has 5 aromatic carbocycles. The normalized spacial score (nSPS) is 18.6. The number of rotatable bonds is 19. The molecule has 7 rings (SSSR count). The van der Waals surface area contributed by atoms with Gasteiger partial charge in [0.25, 0.3) is 0 Å². The summed E-state index contributed by atoms with van der Waals surface area (Å²) in [6, 6.07) is 49.0. The van der Waals surface area contributed by atoms with Gasteiger partial charge in [-0.2, -0.15) is 0 Å². The van der Waals surface area contributed by atoms with Crippen LogP contribution in [0.3, 0.4) is 0 Å². The van der Waals surface area contributed by atoms with Gasteiger partial charge in [-0.3, -0.25) is 9.58 Å². The SMILES string of the molecule is COc1ccc(-c2cn(CCCN3C[C@H](OCc4ccccc4)[C@@H](OCc4ccccc4)[C@H](OCc4ccccc4)[C@H]3COCc3ccccc3)nn2)cc1. The molecule has 0 unspecified atom stereocenters. The Balaban J connectivity index is 1.14. The topological polar surface area (TPSA) is 80.1 Å². The first kappa shape index (κ1) is 38.1. The van der Waals surface area contributed by atoms with Gasteiger partial charge in [-0.25, -0.2) is 0 Å². The van der Waals surface area contributed by atoms with Crippen LogP contribution in [0.4, 0.5) is 0 Å². The molecule has 0 N–H and O–H groups in total. The fourth-order valence-electron chi connectivity index (χ4n) is 7.04. The van der Waals surface area contributed by atoms with E-state index < -0.39 is 0 Å². The molecule has 1 aliphatic rings. The van der Waals surface area contributed by atoms with Gasteiger partial charge in [0.05, 0.1) is 58.5 Å². The molecule has 2 heterocycles. The van der Waals surface area contributed by atoms with Crippen molar-refractivity contribution in [2.75, 3.05) is 26.8 Å². The molecule has 1 aliphatic heterocycles. The molecule has 0 bridgehead atoms. The summed E-state index contributed by atoms with van der Waals surface area (Å²) in [7, 11) is 1.67. The lowest BCUT2D eigenvalue weighted by Gasteiger charge is -2.48. The maximum atomic E-state index is 6.97. The number of likely N-dealkylation sites (tertiary alicyclic amines) is 1. The highest BCUT2D eigenvalue weighted by Gasteiger charge is 2.46. The molecule has 9 nitrogen and oxygen atoms in total.